The number of nitrogens with one attached hydrogen (secondary N) is 1. The number of aliphatic hydroxyl groups is 1. The maximum Gasteiger partial charge on any atom is 0.249 e. The number of rotatable bonds is 5. The highest BCUT2D eigenvalue weighted by molar-refractivity contribution is 5.85. The Kier molecular flexibility index (Phi) is 7.11. The van der Waals surface area contributed by atoms with Gasteiger partial charge in [0.2, 0.25) is 5.91 Å². The van der Waals surface area contributed by atoms with Gasteiger partial charge in [0.25, 0.3) is 0 Å². The van der Waals surface area contributed by atoms with Crippen molar-refractivity contribution in [2.45, 2.75) is 38.1 Å². The summed E-state index contributed by atoms with van der Waals surface area (Å²) in [5.74, 6) is -0.173. The summed E-state index contributed by atoms with van der Waals surface area (Å²) in [4.78, 5) is 11.9. The fourth-order valence-electron chi connectivity index (χ4n) is 2.45. The lowest BCUT2D eigenvalue weighted by atomic mass is 10.0. The normalized spacial score (nSPS) is 22.4. The Balaban J connectivity index is 0.00000220. The summed E-state index contributed by atoms with van der Waals surface area (Å²) < 4.78 is 5.52. The number of ether oxygens (including phenoxy) is 1. The maximum atomic E-state index is 11.9. The van der Waals surface area contributed by atoms with E-state index < -0.39 is 12.2 Å². The van der Waals surface area contributed by atoms with E-state index in [9.17, 15) is 9.90 Å². The largest absolute Gasteiger partial charge is 0.387 e. The van der Waals surface area contributed by atoms with Gasteiger partial charge in [0.1, 0.15) is 6.10 Å². The van der Waals surface area contributed by atoms with Crippen LogP contribution >= 0.6 is 12.4 Å². The Labute approximate surface area is 131 Å². The first-order valence-electron chi connectivity index (χ1n) is 6.98. The van der Waals surface area contributed by atoms with Crippen LogP contribution < -0.4 is 11.1 Å². The van der Waals surface area contributed by atoms with Crippen molar-refractivity contribution >= 4 is 18.3 Å². The summed E-state index contributed by atoms with van der Waals surface area (Å²) in [7, 11) is 0. The highest BCUT2D eigenvalue weighted by atomic mass is 35.5. The molecule has 6 heteroatoms. The van der Waals surface area contributed by atoms with E-state index in [0.29, 0.717) is 13.0 Å². The summed E-state index contributed by atoms with van der Waals surface area (Å²) >= 11 is 0. The van der Waals surface area contributed by atoms with Gasteiger partial charge in [0.15, 0.2) is 0 Å². The van der Waals surface area contributed by atoms with Crippen LogP contribution in [0.15, 0.2) is 24.3 Å². The molecule has 0 aromatic heterocycles. The molecule has 0 aliphatic carbocycles. The number of halogens is 1. The van der Waals surface area contributed by atoms with Crippen molar-refractivity contribution in [3.05, 3.63) is 35.4 Å². The lowest BCUT2D eigenvalue weighted by Crippen LogP contribution is -2.37. The Morgan fingerprint density at radius 3 is 2.81 bits per heavy atom. The van der Waals surface area contributed by atoms with E-state index in [1.165, 1.54) is 0 Å². The monoisotopic (exact) mass is 314 g/mol. The average Bonchev–Trinajstić information content (AvgIpc) is 2.94. The molecule has 118 valence electrons. The van der Waals surface area contributed by atoms with Gasteiger partial charge in [-0.25, -0.2) is 0 Å². The minimum atomic E-state index is -0.702. The van der Waals surface area contributed by atoms with E-state index in [4.69, 9.17) is 10.5 Å². The molecule has 2 rings (SSSR count). The molecule has 1 aliphatic heterocycles. The molecule has 4 N–H and O–H groups in total. The third kappa shape index (κ3) is 4.68. The minimum absolute atomic E-state index is 0. The summed E-state index contributed by atoms with van der Waals surface area (Å²) in [6.07, 6.45) is 0.342. The molecule has 1 amide bonds. The van der Waals surface area contributed by atoms with Crippen LogP contribution in [0.4, 0.5) is 0 Å². The van der Waals surface area contributed by atoms with Crippen LogP contribution in [0.1, 0.15) is 30.1 Å². The highest BCUT2D eigenvalue weighted by Gasteiger charge is 2.29. The molecule has 5 nitrogen and oxygen atoms in total. The van der Waals surface area contributed by atoms with Crippen LogP contribution in [0.25, 0.3) is 0 Å². The second-order valence-corrected chi connectivity index (χ2v) is 5.18. The highest BCUT2D eigenvalue weighted by Crippen LogP contribution is 2.20. The number of carbonyl (C=O) groups is 1. The molecule has 1 saturated heterocycles. The summed E-state index contributed by atoms with van der Waals surface area (Å²) in [6.45, 7) is 2.57. The molecule has 0 spiro atoms. The van der Waals surface area contributed by atoms with Gasteiger partial charge in [-0.15, -0.1) is 12.4 Å². The fourth-order valence-corrected chi connectivity index (χ4v) is 2.45. The van der Waals surface area contributed by atoms with Crippen molar-refractivity contribution in [2.24, 2.45) is 5.73 Å². The van der Waals surface area contributed by atoms with E-state index in [1.807, 2.05) is 31.2 Å². The first-order valence-corrected chi connectivity index (χ1v) is 6.98. The number of aryl methyl sites for hydroxylation is 1. The predicted octanol–water partition coefficient (Wildman–Crippen LogP) is 1.07. The molecule has 1 unspecified atom stereocenters. The van der Waals surface area contributed by atoms with E-state index in [-0.39, 0.29) is 31.0 Å². The van der Waals surface area contributed by atoms with Gasteiger partial charge in [-0.05, 0) is 30.9 Å². The van der Waals surface area contributed by atoms with Crippen LogP contribution in [-0.4, -0.2) is 36.3 Å². The van der Waals surface area contributed by atoms with Crippen molar-refractivity contribution in [3.8, 4) is 0 Å². The van der Waals surface area contributed by atoms with Crippen LogP contribution in [-0.2, 0) is 9.53 Å². The van der Waals surface area contributed by atoms with E-state index in [0.717, 1.165) is 17.5 Å². The number of hydrogen-bond donors (Lipinski definition) is 3. The molecule has 1 aliphatic rings. The van der Waals surface area contributed by atoms with Gasteiger partial charge in [-0.2, -0.15) is 0 Å². The second kappa shape index (κ2) is 8.34. The Bertz CT molecular complexity index is 470. The number of benzene rings is 1. The van der Waals surface area contributed by atoms with Gasteiger partial charge in [-0.1, -0.05) is 24.3 Å². The smallest absolute Gasteiger partial charge is 0.249 e. The summed E-state index contributed by atoms with van der Waals surface area (Å²) in [5, 5.41) is 12.9. The Morgan fingerprint density at radius 2 is 2.19 bits per heavy atom. The zero-order valence-electron chi connectivity index (χ0n) is 12.1. The van der Waals surface area contributed by atoms with Crippen LogP contribution in [0.5, 0.6) is 0 Å². The van der Waals surface area contributed by atoms with Crippen molar-refractivity contribution in [1.82, 2.24) is 5.32 Å². The molecule has 1 aromatic rings. The van der Waals surface area contributed by atoms with Gasteiger partial charge in [0, 0.05) is 13.1 Å². The standard InChI is InChI=1S/C15H22N2O3.ClH/c1-10-4-2-3-5-12(10)13(18)9-17-15(19)14-7-6-11(8-16)20-14;/h2-5,11,13-14,18H,6-9,16H2,1H3,(H,17,19);1H/t11-,13?,14+;/m1./s1. The van der Waals surface area contributed by atoms with Gasteiger partial charge in [-0.3, -0.25) is 4.79 Å². The minimum Gasteiger partial charge on any atom is -0.387 e. The van der Waals surface area contributed by atoms with E-state index >= 15 is 0 Å². The van der Waals surface area contributed by atoms with E-state index in [1.54, 1.807) is 0 Å². The van der Waals surface area contributed by atoms with Crippen molar-refractivity contribution < 1.29 is 14.6 Å². The van der Waals surface area contributed by atoms with Crippen LogP contribution in [0, 0.1) is 6.92 Å². The number of carbonyl (C=O) groups excluding carboxylic acids is 1. The SMILES string of the molecule is Cc1ccccc1C(O)CNC(=O)[C@@H]1CC[C@H](CN)O1.Cl. The molecule has 21 heavy (non-hydrogen) atoms. The van der Waals surface area contributed by atoms with Gasteiger partial charge < -0.3 is 20.9 Å². The van der Waals surface area contributed by atoms with Crippen molar-refractivity contribution in [1.29, 1.82) is 0 Å². The van der Waals surface area contributed by atoms with Gasteiger partial charge in [0.05, 0.1) is 12.2 Å². The number of nitrogens with two attached hydrogens (primary N) is 1. The Hall–Kier alpha value is -1.14. The Morgan fingerprint density at radius 1 is 1.48 bits per heavy atom. The molecule has 0 saturated carbocycles. The van der Waals surface area contributed by atoms with Crippen molar-refractivity contribution in [3.63, 3.8) is 0 Å². The molecule has 0 bridgehead atoms. The number of hydrogen-bond acceptors (Lipinski definition) is 4. The molecule has 0 radical (unpaired) electrons. The number of amides is 1. The summed E-state index contributed by atoms with van der Waals surface area (Å²) in [5.41, 5.74) is 7.36. The van der Waals surface area contributed by atoms with Crippen LogP contribution in [0.2, 0.25) is 0 Å². The zero-order valence-corrected chi connectivity index (χ0v) is 12.9. The topological polar surface area (TPSA) is 84.6 Å². The lowest BCUT2D eigenvalue weighted by molar-refractivity contribution is -0.132. The first-order chi connectivity index (χ1) is 9.61. The quantitative estimate of drug-likeness (QED) is 0.759. The lowest BCUT2D eigenvalue weighted by Gasteiger charge is -2.17. The second-order valence-electron chi connectivity index (χ2n) is 5.18. The predicted molar refractivity (Wildman–Crippen MR) is 83.3 cm³/mol. The third-order valence-electron chi connectivity index (χ3n) is 3.68. The maximum absolute atomic E-state index is 11.9. The third-order valence-corrected chi connectivity index (χ3v) is 3.68. The van der Waals surface area contributed by atoms with Gasteiger partial charge >= 0.3 is 0 Å². The molecule has 3 atom stereocenters. The summed E-state index contributed by atoms with van der Waals surface area (Å²) in [6, 6.07) is 7.59. The van der Waals surface area contributed by atoms with Crippen LogP contribution in [0.3, 0.4) is 0 Å². The molecular weight excluding hydrogens is 292 g/mol. The molecule has 1 heterocycles. The average molecular weight is 315 g/mol. The molecular formula is C15H23ClN2O3. The molecule has 1 fully saturated rings. The van der Waals surface area contributed by atoms with E-state index in [2.05, 4.69) is 5.32 Å². The molecule has 1 aromatic carbocycles. The zero-order chi connectivity index (χ0) is 14.5. The number of aliphatic hydroxyl groups excluding tert-OH is 1. The van der Waals surface area contributed by atoms with Crippen molar-refractivity contribution in [2.75, 3.05) is 13.1 Å². The first kappa shape index (κ1) is 17.9. The fraction of sp³-hybridized carbons (Fsp3) is 0.533.